The summed E-state index contributed by atoms with van der Waals surface area (Å²) in [4.78, 5) is 11.8. The Morgan fingerprint density at radius 2 is 1.73 bits per heavy atom. The first-order valence-corrected chi connectivity index (χ1v) is 14.0. The van der Waals surface area contributed by atoms with E-state index < -0.39 is 0 Å². The predicted molar refractivity (Wildman–Crippen MR) is 155 cm³/mol. The first-order chi connectivity index (χ1) is 18.1. The lowest BCUT2D eigenvalue weighted by Gasteiger charge is -2.38. The van der Waals surface area contributed by atoms with Gasteiger partial charge in [0.25, 0.3) is 0 Å². The van der Waals surface area contributed by atoms with Crippen molar-refractivity contribution in [3.63, 3.8) is 0 Å². The van der Waals surface area contributed by atoms with E-state index in [4.69, 9.17) is 21.9 Å². The van der Waals surface area contributed by atoms with Crippen molar-refractivity contribution in [2.75, 3.05) is 29.9 Å². The van der Waals surface area contributed by atoms with Gasteiger partial charge in [-0.05, 0) is 61.5 Å². The van der Waals surface area contributed by atoms with Gasteiger partial charge in [0.05, 0.1) is 0 Å². The van der Waals surface area contributed by atoms with E-state index in [1.807, 2.05) is 36.4 Å². The average Bonchev–Trinajstić information content (AvgIpc) is 2.93. The molecule has 3 aromatic rings. The van der Waals surface area contributed by atoms with Crippen molar-refractivity contribution in [2.45, 2.75) is 57.3 Å². The van der Waals surface area contributed by atoms with Crippen molar-refractivity contribution in [1.82, 2.24) is 15.3 Å². The molecule has 0 bridgehead atoms. The quantitative estimate of drug-likeness (QED) is 0.340. The summed E-state index contributed by atoms with van der Waals surface area (Å²) in [5.74, 6) is 3.20. The van der Waals surface area contributed by atoms with Gasteiger partial charge in [0, 0.05) is 31.1 Å². The highest BCUT2D eigenvalue weighted by Gasteiger charge is 2.33. The third-order valence-corrected chi connectivity index (χ3v) is 7.89. The van der Waals surface area contributed by atoms with Gasteiger partial charge in [-0.1, -0.05) is 74.7 Å². The Morgan fingerprint density at radius 3 is 2.46 bits per heavy atom. The molecular weight excluding hydrogens is 478 g/mol. The fourth-order valence-corrected chi connectivity index (χ4v) is 5.84. The van der Waals surface area contributed by atoms with Gasteiger partial charge in [-0.15, -0.1) is 0 Å². The molecule has 0 spiro atoms. The molecule has 0 amide bonds. The molecule has 1 aliphatic heterocycles. The fourth-order valence-electron chi connectivity index (χ4n) is 5.67. The number of benzene rings is 2. The SMILES string of the molecule is C[C@H]1CCCN(c2cc(Oc3ccccc3)nc(NC(=S)NCC3(c4ccccc4)CCCCC3)n2)C1. The van der Waals surface area contributed by atoms with Crippen LogP contribution < -0.4 is 20.3 Å². The normalized spacial score (nSPS) is 19.2. The van der Waals surface area contributed by atoms with E-state index in [0.29, 0.717) is 22.9 Å². The number of thiocarbonyl (C=S) groups is 1. The molecule has 2 fully saturated rings. The van der Waals surface area contributed by atoms with Crippen LogP contribution in [0.25, 0.3) is 0 Å². The van der Waals surface area contributed by atoms with Crippen LogP contribution in [0.4, 0.5) is 11.8 Å². The Morgan fingerprint density at radius 1 is 1.00 bits per heavy atom. The monoisotopic (exact) mass is 515 g/mol. The molecule has 1 atom stereocenters. The number of rotatable bonds is 7. The number of anilines is 2. The van der Waals surface area contributed by atoms with E-state index in [1.54, 1.807) is 0 Å². The van der Waals surface area contributed by atoms with Crippen molar-refractivity contribution in [2.24, 2.45) is 5.92 Å². The lowest BCUT2D eigenvalue weighted by Crippen LogP contribution is -2.43. The highest BCUT2D eigenvalue weighted by Crippen LogP contribution is 2.39. The molecule has 2 N–H and O–H groups in total. The van der Waals surface area contributed by atoms with Crippen molar-refractivity contribution >= 4 is 29.1 Å². The van der Waals surface area contributed by atoms with Crippen molar-refractivity contribution < 1.29 is 4.74 Å². The van der Waals surface area contributed by atoms with Gasteiger partial charge in [-0.2, -0.15) is 9.97 Å². The first kappa shape index (κ1) is 25.5. The molecule has 37 heavy (non-hydrogen) atoms. The van der Waals surface area contributed by atoms with Crippen LogP contribution in [0.5, 0.6) is 11.6 Å². The maximum atomic E-state index is 6.11. The summed E-state index contributed by atoms with van der Waals surface area (Å²) >= 11 is 5.74. The summed E-state index contributed by atoms with van der Waals surface area (Å²) in [5, 5.41) is 7.30. The van der Waals surface area contributed by atoms with Gasteiger partial charge in [0.15, 0.2) is 5.11 Å². The lowest BCUT2D eigenvalue weighted by atomic mass is 9.69. The second-order valence-electron chi connectivity index (χ2n) is 10.5. The molecule has 0 unspecified atom stereocenters. The standard InChI is InChI=1S/C30H37N5OS/c1-23-12-11-19-35(21-23)26-20-27(36-25-15-7-3-8-16-25)33-28(32-26)34-29(37)31-22-30(17-9-4-10-18-30)24-13-5-2-6-14-24/h2-3,5-8,13-16,20,23H,4,9-12,17-19,21-22H2,1H3,(H2,31,32,33,34,37)/t23-/m0/s1. The van der Waals surface area contributed by atoms with Gasteiger partial charge < -0.3 is 20.3 Å². The number of nitrogens with one attached hydrogen (secondary N) is 2. The summed E-state index contributed by atoms with van der Waals surface area (Å²) < 4.78 is 6.11. The number of piperidine rings is 1. The van der Waals surface area contributed by atoms with Crippen LogP contribution in [0.1, 0.15) is 57.4 Å². The predicted octanol–water partition coefficient (Wildman–Crippen LogP) is 6.69. The number of para-hydroxylation sites is 1. The second-order valence-corrected chi connectivity index (χ2v) is 10.9. The summed E-state index contributed by atoms with van der Waals surface area (Å²) in [7, 11) is 0. The zero-order valence-corrected chi connectivity index (χ0v) is 22.5. The van der Waals surface area contributed by atoms with E-state index in [-0.39, 0.29) is 5.41 Å². The van der Waals surface area contributed by atoms with Crippen LogP contribution in [-0.2, 0) is 5.41 Å². The van der Waals surface area contributed by atoms with Gasteiger partial charge in [-0.3, -0.25) is 0 Å². The molecule has 1 aromatic heterocycles. The number of hydrogen-bond donors (Lipinski definition) is 2. The molecule has 6 nitrogen and oxygen atoms in total. The fraction of sp³-hybridized carbons (Fsp3) is 0.433. The minimum atomic E-state index is 0.0967. The van der Waals surface area contributed by atoms with Gasteiger partial charge in [-0.25, -0.2) is 0 Å². The molecule has 5 rings (SSSR count). The molecule has 1 saturated carbocycles. The number of nitrogens with zero attached hydrogens (tertiary/aromatic N) is 3. The van der Waals surface area contributed by atoms with Crippen molar-refractivity contribution in [3.05, 3.63) is 72.3 Å². The Hall–Kier alpha value is -3.19. The first-order valence-electron chi connectivity index (χ1n) is 13.6. The smallest absolute Gasteiger partial charge is 0.234 e. The Labute approximate surface area is 225 Å². The maximum Gasteiger partial charge on any atom is 0.234 e. The highest BCUT2D eigenvalue weighted by atomic mass is 32.1. The van der Waals surface area contributed by atoms with Crippen molar-refractivity contribution in [1.29, 1.82) is 0 Å². The maximum absolute atomic E-state index is 6.11. The largest absolute Gasteiger partial charge is 0.439 e. The number of hydrogen-bond acceptors (Lipinski definition) is 5. The van der Waals surface area contributed by atoms with E-state index in [0.717, 1.165) is 37.6 Å². The summed E-state index contributed by atoms with van der Waals surface area (Å²) in [6.07, 6.45) is 8.53. The van der Waals surface area contributed by atoms with Gasteiger partial charge in [0.1, 0.15) is 11.6 Å². The molecule has 1 saturated heterocycles. The second kappa shape index (κ2) is 11.9. The average molecular weight is 516 g/mol. The third-order valence-electron chi connectivity index (χ3n) is 7.65. The molecule has 2 aliphatic rings. The zero-order valence-electron chi connectivity index (χ0n) is 21.7. The van der Waals surface area contributed by atoms with Gasteiger partial charge >= 0.3 is 0 Å². The van der Waals surface area contributed by atoms with Crippen LogP contribution in [0.3, 0.4) is 0 Å². The summed E-state index contributed by atoms with van der Waals surface area (Å²) in [6, 6.07) is 22.5. The Balaban J connectivity index is 1.33. The van der Waals surface area contributed by atoms with Crippen molar-refractivity contribution in [3.8, 4) is 11.6 Å². The van der Waals surface area contributed by atoms with E-state index in [9.17, 15) is 0 Å². The number of aromatic nitrogens is 2. The zero-order chi connectivity index (χ0) is 25.5. The Kier molecular flexibility index (Phi) is 8.19. The Bertz CT molecular complexity index is 1170. The van der Waals surface area contributed by atoms with E-state index in [1.165, 1.54) is 44.1 Å². The summed E-state index contributed by atoms with van der Waals surface area (Å²) in [6.45, 7) is 5.04. The molecule has 2 heterocycles. The molecule has 7 heteroatoms. The minimum absolute atomic E-state index is 0.0967. The van der Waals surface area contributed by atoms with Crippen LogP contribution in [0.2, 0.25) is 0 Å². The lowest BCUT2D eigenvalue weighted by molar-refractivity contribution is 0.292. The molecular formula is C30H37N5OS. The topological polar surface area (TPSA) is 62.3 Å². The highest BCUT2D eigenvalue weighted by molar-refractivity contribution is 7.80. The van der Waals surface area contributed by atoms with E-state index >= 15 is 0 Å². The van der Waals surface area contributed by atoms with Crippen LogP contribution in [0, 0.1) is 5.92 Å². The van der Waals surface area contributed by atoms with E-state index in [2.05, 4.69) is 57.8 Å². The van der Waals surface area contributed by atoms with Crippen LogP contribution in [0.15, 0.2) is 66.7 Å². The molecule has 2 aromatic carbocycles. The van der Waals surface area contributed by atoms with Crippen LogP contribution >= 0.6 is 12.2 Å². The molecule has 0 radical (unpaired) electrons. The molecule has 1 aliphatic carbocycles. The molecule has 194 valence electrons. The third kappa shape index (κ3) is 6.58. The summed E-state index contributed by atoms with van der Waals surface area (Å²) in [5.41, 5.74) is 1.49. The minimum Gasteiger partial charge on any atom is -0.439 e. The number of ether oxygens (including phenoxy) is 1. The van der Waals surface area contributed by atoms with Crippen LogP contribution in [-0.4, -0.2) is 34.7 Å². The van der Waals surface area contributed by atoms with Gasteiger partial charge in [0.2, 0.25) is 11.8 Å².